The summed E-state index contributed by atoms with van der Waals surface area (Å²) in [5.74, 6) is 1.54. The second-order valence-electron chi connectivity index (χ2n) is 25.4. The SMILES string of the molecule is [2H]c1c([2H])c([2H])c(-c2cc(-c3cc(C(C)(C)C)cc(-c4c([2H])c([2H])c([2H])c([2H])c4[2H])c3Oc3ccnc(-n4c5ccccc5c5ccc(Oc6cccc(N7CN(c8c(-c9c([2H])c([2H])c([2H])c([2H])c9[2H])cc(C(C)(C)C)cc8-c8c([2H])c([2H])c([2H])c([2H])c8[2H])c8ccccc87)c6)cc54)c3)cc(C(C)(C)C)c2)c([2H])c1[2H]. The van der Waals surface area contributed by atoms with Crippen molar-refractivity contribution >= 4 is 44.6 Å². The van der Waals surface area contributed by atoms with Gasteiger partial charge in [-0.15, -0.1) is 0 Å². The van der Waals surface area contributed by atoms with Gasteiger partial charge in [-0.05, 0) is 145 Å². The molecule has 0 amide bonds. The Labute approximate surface area is 558 Å². The molecule has 90 heavy (non-hydrogen) atoms. The first-order chi connectivity index (χ1) is 51.8. The molecule has 0 N–H and O–H groups in total. The molecule has 0 fully saturated rings. The Bertz CT molecular complexity index is 5870. The van der Waals surface area contributed by atoms with E-state index in [0.717, 1.165) is 21.9 Å². The number of nitrogens with zero attached hydrogens (tertiary/aromatic N) is 4. The van der Waals surface area contributed by atoms with E-state index < -0.39 is 137 Å². The molecule has 0 aliphatic carbocycles. The van der Waals surface area contributed by atoms with Crippen molar-refractivity contribution in [1.29, 1.82) is 0 Å². The van der Waals surface area contributed by atoms with Crippen LogP contribution >= 0.6 is 0 Å². The quantitative estimate of drug-likeness (QED) is 0.122. The lowest BCUT2D eigenvalue weighted by Crippen LogP contribution is -2.25. The number of anilines is 4. The van der Waals surface area contributed by atoms with Crippen LogP contribution in [-0.2, 0) is 16.2 Å². The predicted octanol–water partition coefficient (Wildman–Crippen LogP) is 23.2. The second-order valence-corrected chi connectivity index (χ2v) is 25.4. The van der Waals surface area contributed by atoms with Crippen molar-refractivity contribution in [1.82, 2.24) is 9.55 Å². The average molecular weight is 1190 g/mol. The molecule has 6 heteroatoms. The summed E-state index contributed by atoms with van der Waals surface area (Å²) < 4.78 is 196. The maximum Gasteiger partial charge on any atom is 0.143 e. The van der Waals surface area contributed by atoms with E-state index in [-0.39, 0.29) is 62.8 Å². The highest BCUT2D eigenvalue weighted by Gasteiger charge is 2.33. The van der Waals surface area contributed by atoms with Gasteiger partial charge >= 0.3 is 0 Å². The second kappa shape index (κ2) is 22.9. The van der Waals surface area contributed by atoms with E-state index in [1.54, 1.807) is 54.7 Å². The molecule has 442 valence electrons. The molecule has 0 saturated carbocycles. The number of hydrogen-bond acceptors (Lipinski definition) is 5. The summed E-state index contributed by atoms with van der Waals surface area (Å²) >= 11 is 0. The van der Waals surface area contributed by atoms with Crippen LogP contribution < -0.4 is 19.3 Å². The minimum absolute atomic E-state index is 0.00655. The van der Waals surface area contributed by atoms with Crippen molar-refractivity contribution in [3.05, 3.63) is 289 Å². The molecule has 14 rings (SSSR count). The van der Waals surface area contributed by atoms with Gasteiger partial charge in [-0.25, -0.2) is 4.98 Å². The van der Waals surface area contributed by atoms with Crippen molar-refractivity contribution in [3.63, 3.8) is 0 Å². The van der Waals surface area contributed by atoms with Gasteiger partial charge in [0.05, 0.1) is 55.5 Å². The third-order valence-corrected chi connectivity index (χ3v) is 16.3. The van der Waals surface area contributed by atoms with Gasteiger partial charge in [-0.3, -0.25) is 4.57 Å². The third-order valence-electron chi connectivity index (χ3n) is 16.3. The molecule has 0 unspecified atom stereocenters. The zero-order chi connectivity index (χ0) is 79.3. The molecule has 2 aromatic heterocycles. The molecular weight excluding hydrogens is 1100 g/mol. The van der Waals surface area contributed by atoms with Crippen LogP contribution in [0.15, 0.2) is 273 Å². The van der Waals surface area contributed by atoms with Gasteiger partial charge in [0.15, 0.2) is 0 Å². The van der Waals surface area contributed by atoms with Gasteiger partial charge < -0.3 is 19.3 Å². The highest BCUT2D eigenvalue weighted by Crippen LogP contribution is 2.53. The molecule has 3 heterocycles. The van der Waals surface area contributed by atoms with E-state index >= 15 is 0 Å². The summed E-state index contributed by atoms with van der Waals surface area (Å²) in [6.45, 7) is 17.7. The summed E-state index contributed by atoms with van der Waals surface area (Å²) in [6.07, 6.45) is 1.58. The number of aromatic nitrogens is 2. The highest BCUT2D eigenvalue weighted by molar-refractivity contribution is 6.09. The van der Waals surface area contributed by atoms with Crippen molar-refractivity contribution in [2.75, 3.05) is 16.5 Å². The molecule has 0 atom stereocenters. The van der Waals surface area contributed by atoms with Crippen LogP contribution in [0.2, 0.25) is 0 Å². The first-order valence-electron chi connectivity index (χ1n) is 39.7. The Morgan fingerprint density at radius 2 is 0.867 bits per heavy atom. The van der Waals surface area contributed by atoms with Crippen LogP contribution in [0.4, 0.5) is 22.7 Å². The molecule has 6 nitrogen and oxygen atoms in total. The van der Waals surface area contributed by atoms with Gasteiger partial charge in [-0.1, -0.05) is 232 Å². The Morgan fingerprint density at radius 3 is 1.48 bits per heavy atom. The van der Waals surface area contributed by atoms with Gasteiger partial charge in [0.2, 0.25) is 0 Å². The number of hydrogen-bond donors (Lipinski definition) is 0. The monoisotopic (exact) mass is 1190 g/mol. The first kappa shape index (κ1) is 38.8. The lowest BCUT2D eigenvalue weighted by molar-refractivity contribution is 0.483. The lowest BCUT2D eigenvalue weighted by Gasteiger charge is -2.30. The summed E-state index contributed by atoms with van der Waals surface area (Å²) in [7, 11) is 0. The highest BCUT2D eigenvalue weighted by atomic mass is 16.5. The molecule has 0 radical (unpaired) electrons. The molecule has 11 aromatic carbocycles. The van der Waals surface area contributed by atoms with Crippen molar-refractivity contribution < 1.29 is 36.9 Å². The summed E-state index contributed by atoms with van der Waals surface area (Å²) in [4.78, 5) is 8.84. The standard InChI is InChI=1S/C84H74N4O2/c1-82(2,3)62-46-60(56-27-14-10-15-28-56)45-61(47-62)74-51-64(84(7,8)9)50-73(59-33-20-13-21-34-59)81(74)90-68-43-44-85-79(54-68)88-75-38-23-22-37-69(75)70-42-41-67(53-78(70)88)89-66-36-26-35-65(52-66)86-55-87(77-40-25-24-39-76(77)86)80-71(57-29-16-11-17-30-57)48-63(83(4,5)6)49-72(80)58-31-18-12-19-32-58/h10-54H,55H2,1-9H3/i10D,11D,12D,13D,14D,15D,16D,17D,18D,19D,20D,21D,27D,28D,29D,30D,31D,32D,33D,34D. The average Bonchev–Trinajstić information content (AvgIpc) is 1.53. The normalized spacial score (nSPS) is 15.7. The van der Waals surface area contributed by atoms with Crippen LogP contribution in [-0.4, -0.2) is 16.2 Å². The smallest absolute Gasteiger partial charge is 0.143 e. The van der Waals surface area contributed by atoms with Crippen molar-refractivity contribution in [2.24, 2.45) is 0 Å². The maximum absolute atomic E-state index is 9.44. The fourth-order valence-electron chi connectivity index (χ4n) is 11.7. The van der Waals surface area contributed by atoms with Gasteiger partial charge in [0.25, 0.3) is 0 Å². The van der Waals surface area contributed by atoms with Gasteiger partial charge in [0, 0.05) is 63.1 Å². The van der Waals surface area contributed by atoms with Crippen molar-refractivity contribution in [2.45, 2.75) is 78.6 Å². The Kier molecular flexibility index (Phi) is 9.88. The number of para-hydroxylation sites is 3. The Hall–Kier alpha value is -10.4. The predicted molar refractivity (Wildman–Crippen MR) is 377 cm³/mol. The summed E-state index contributed by atoms with van der Waals surface area (Å²) in [6, 6.07) is 33.9. The minimum atomic E-state index is -0.681. The number of ether oxygens (including phenoxy) is 2. The minimum Gasteiger partial charge on any atom is -0.457 e. The number of benzene rings is 11. The largest absolute Gasteiger partial charge is 0.457 e. The van der Waals surface area contributed by atoms with Crippen LogP contribution in [0, 0.1) is 0 Å². The maximum atomic E-state index is 9.44. The van der Waals surface area contributed by atoms with Gasteiger partial charge in [0.1, 0.15) is 35.5 Å². The zero-order valence-corrected chi connectivity index (χ0v) is 51.2. The van der Waals surface area contributed by atoms with E-state index in [0.29, 0.717) is 67.7 Å². The van der Waals surface area contributed by atoms with Crippen LogP contribution in [0.3, 0.4) is 0 Å². The molecule has 13 aromatic rings. The summed E-state index contributed by atoms with van der Waals surface area (Å²) in [5, 5.41) is 1.71. The zero-order valence-electron chi connectivity index (χ0n) is 71.2. The van der Waals surface area contributed by atoms with Crippen LogP contribution in [0.1, 0.15) is 106 Å². The number of fused-ring (bicyclic) bond motifs is 4. The van der Waals surface area contributed by atoms with E-state index in [4.69, 9.17) is 33.6 Å². The lowest BCUT2D eigenvalue weighted by atomic mass is 9.80. The van der Waals surface area contributed by atoms with Crippen LogP contribution in [0.5, 0.6) is 23.0 Å². The summed E-state index contributed by atoms with van der Waals surface area (Å²) in [5.41, 5.74) is 4.97. The molecule has 1 aliphatic rings. The molecule has 0 bridgehead atoms. The molecule has 1 aliphatic heterocycles. The first-order valence-corrected chi connectivity index (χ1v) is 29.7. The van der Waals surface area contributed by atoms with Crippen molar-refractivity contribution in [3.8, 4) is 84.5 Å². The molecule has 0 saturated heterocycles. The number of rotatable bonds is 12. The number of pyridine rings is 1. The topological polar surface area (TPSA) is 42.8 Å². The van der Waals surface area contributed by atoms with E-state index in [1.807, 2.05) is 174 Å². The Morgan fingerprint density at radius 1 is 0.378 bits per heavy atom. The van der Waals surface area contributed by atoms with Gasteiger partial charge in [-0.2, -0.15) is 0 Å². The fraction of sp³-hybridized carbons (Fsp3) is 0.155. The van der Waals surface area contributed by atoms with E-state index in [9.17, 15) is 8.22 Å². The van der Waals surface area contributed by atoms with E-state index in [1.165, 1.54) is 0 Å². The third kappa shape index (κ3) is 11.1. The molecule has 0 spiro atoms. The fourth-order valence-corrected chi connectivity index (χ4v) is 11.7. The Balaban J connectivity index is 0.895. The molecular formula is C84H74N4O2. The van der Waals surface area contributed by atoms with E-state index in [2.05, 4.69) is 0 Å². The van der Waals surface area contributed by atoms with Crippen LogP contribution in [0.25, 0.3) is 83.3 Å².